The molecule has 0 atom stereocenters. The maximum Gasteiger partial charge on any atom is 0.102 e. The van der Waals surface area contributed by atoms with E-state index in [0.717, 1.165) is 24.9 Å². The molecule has 0 amide bonds. The minimum atomic E-state index is -1.25. The minimum absolute atomic E-state index is 0.140. The smallest absolute Gasteiger partial charge is 0.102 e. The van der Waals surface area contributed by atoms with E-state index in [1.165, 1.54) is 0 Å². The van der Waals surface area contributed by atoms with Crippen LogP contribution in [-0.2, 0) is 0 Å². The topological polar surface area (TPSA) is 95.2 Å². The Morgan fingerprint density at radius 3 is 1.56 bits per heavy atom. The Balaban J connectivity index is 2.58. The van der Waals surface area contributed by atoms with Crippen molar-refractivity contribution in [3.63, 3.8) is 0 Å². The molecule has 1 saturated heterocycles. The highest BCUT2D eigenvalue weighted by molar-refractivity contribution is 6.63. The van der Waals surface area contributed by atoms with Gasteiger partial charge in [0.25, 0.3) is 0 Å². The van der Waals surface area contributed by atoms with Crippen LogP contribution < -0.4 is 0 Å². The van der Waals surface area contributed by atoms with Gasteiger partial charge in [0.2, 0.25) is 0 Å². The Morgan fingerprint density at radius 2 is 1.22 bits per heavy atom. The van der Waals surface area contributed by atoms with E-state index >= 15 is 0 Å². The minimum Gasteiger partial charge on any atom is -0.193 e. The summed E-state index contributed by atoms with van der Waals surface area (Å²) in [5.74, 6) is 0. The Morgan fingerprint density at radius 1 is 0.778 bits per heavy atom. The highest BCUT2D eigenvalue weighted by Crippen LogP contribution is 2.46. The molecule has 18 heavy (non-hydrogen) atoms. The van der Waals surface area contributed by atoms with E-state index in [1.54, 1.807) is 0 Å². The number of nitriles is 4. The molecule has 1 aliphatic heterocycles. The van der Waals surface area contributed by atoms with Gasteiger partial charge in [0.15, 0.2) is 0 Å². The quantitative estimate of drug-likeness (QED) is 0.665. The monoisotopic (exact) mass is 250 g/mol. The van der Waals surface area contributed by atoms with Crippen LogP contribution in [0.15, 0.2) is 22.3 Å². The molecule has 1 fully saturated rings. The summed E-state index contributed by atoms with van der Waals surface area (Å²) in [5, 5.41) is 36.7. The van der Waals surface area contributed by atoms with E-state index in [9.17, 15) is 10.5 Å². The third-order valence-corrected chi connectivity index (χ3v) is 7.66. The zero-order valence-corrected chi connectivity index (χ0v) is 10.9. The Kier molecular flexibility index (Phi) is 3.29. The van der Waals surface area contributed by atoms with Crippen LogP contribution in [0.2, 0.25) is 17.6 Å². The van der Waals surface area contributed by atoms with E-state index in [2.05, 4.69) is 12.1 Å². The molecule has 0 spiro atoms. The predicted octanol–water partition coefficient (Wildman–Crippen LogP) is 2.08. The van der Waals surface area contributed by atoms with Gasteiger partial charge in [-0.2, -0.15) is 21.0 Å². The number of allylic oxidation sites excluding steroid dienone is 4. The average molecular weight is 250 g/mol. The van der Waals surface area contributed by atoms with Crippen LogP contribution in [-0.4, -0.2) is 8.80 Å². The molecule has 1 aliphatic carbocycles. The van der Waals surface area contributed by atoms with E-state index in [4.69, 9.17) is 10.5 Å². The van der Waals surface area contributed by atoms with Gasteiger partial charge in [0.05, 0.1) is 43.2 Å². The molecule has 0 N–H and O–H groups in total. The first-order valence-electron chi connectivity index (χ1n) is 5.87. The Hall–Kier alpha value is -2.34. The molecule has 86 valence electrons. The first kappa shape index (κ1) is 12.1. The SMILES string of the molecule is N#CC1=C(C#N)C([SiH]2CCCC2)C(C#N)=C1C#N. The molecule has 1 heterocycles. The van der Waals surface area contributed by atoms with Gasteiger partial charge in [-0.1, -0.05) is 24.9 Å². The van der Waals surface area contributed by atoms with Crippen LogP contribution in [0.4, 0.5) is 0 Å². The van der Waals surface area contributed by atoms with E-state index < -0.39 is 8.80 Å². The Bertz CT molecular complexity index is 561. The lowest BCUT2D eigenvalue weighted by Crippen LogP contribution is -2.18. The third-order valence-electron chi connectivity index (χ3n) is 3.75. The van der Waals surface area contributed by atoms with Crippen molar-refractivity contribution in [3.05, 3.63) is 22.3 Å². The highest BCUT2D eigenvalue weighted by Gasteiger charge is 2.41. The summed E-state index contributed by atoms with van der Waals surface area (Å²) in [4.78, 5) is 0. The van der Waals surface area contributed by atoms with Crippen molar-refractivity contribution in [1.29, 1.82) is 21.0 Å². The molecule has 2 rings (SSSR count). The van der Waals surface area contributed by atoms with Crippen LogP contribution in [0.1, 0.15) is 12.8 Å². The van der Waals surface area contributed by atoms with Crippen LogP contribution >= 0.6 is 0 Å². The molecule has 0 bridgehead atoms. The lowest BCUT2D eigenvalue weighted by atomic mass is 10.1. The van der Waals surface area contributed by atoms with Gasteiger partial charge in [0.1, 0.15) is 12.1 Å². The fourth-order valence-corrected chi connectivity index (χ4v) is 6.98. The fraction of sp³-hybridized carbons (Fsp3) is 0.385. The molecule has 0 saturated carbocycles. The highest BCUT2D eigenvalue weighted by atomic mass is 28.3. The number of nitrogens with zero attached hydrogens (tertiary/aromatic N) is 4. The van der Waals surface area contributed by atoms with E-state index in [1.807, 2.05) is 12.1 Å². The number of rotatable bonds is 1. The van der Waals surface area contributed by atoms with Crippen molar-refractivity contribution < 1.29 is 0 Å². The van der Waals surface area contributed by atoms with Crippen molar-refractivity contribution in [2.75, 3.05) is 0 Å². The third kappa shape index (κ3) is 1.63. The van der Waals surface area contributed by atoms with Crippen LogP contribution in [0, 0.1) is 45.3 Å². The maximum absolute atomic E-state index is 9.24. The van der Waals surface area contributed by atoms with E-state index in [0.29, 0.717) is 11.1 Å². The van der Waals surface area contributed by atoms with Crippen LogP contribution in [0.25, 0.3) is 0 Å². The average Bonchev–Trinajstić information content (AvgIpc) is 3.01. The Labute approximate surface area is 107 Å². The van der Waals surface area contributed by atoms with Crippen molar-refractivity contribution in [2.45, 2.75) is 30.5 Å². The van der Waals surface area contributed by atoms with Gasteiger partial charge in [-0.25, -0.2) is 0 Å². The summed E-state index contributed by atoms with van der Waals surface area (Å²) in [7, 11) is -1.25. The summed E-state index contributed by atoms with van der Waals surface area (Å²) >= 11 is 0. The van der Waals surface area contributed by atoms with Gasteiger partial charge in [-0.3, -0.25) is 0 Å². The summed E-state index contributed by atoms with van der Waals surface area (Å²) in [5.41, 5.74) is 0.849. The second-order valence-electron chi connectivity index (χ2n) is 4.55. The lowest BCUT2D eigenvalue weighted by Gasteiger charge is -2.17. The molecule has 0 radical (unpaired) electrons. The van der Waals surface area contributed by atoms with E-state index in [-0.39, 0.29) is 16.7 Å². The summed E-state index contributed by atoms with van der Waals surface area (Å²) in [6.07, 6.45) is 2.29. The number of hydrogen-bond donors (Lipinski definition) is 0. The molecule has 2 aliphatic rings. The molecule has 5 heteroatoms. The van der Waals surface area contributed by atoms with Crippen LogP contribution in [0.5, 0.6) is 0 Å². The zero-order chi connectivity index (χ0) is 13.1. The second-order valence-corrected chi connectivity index (χ2v) is 7.89. The van der Waals surface area contributed by atoms with Gasteiger partial charge in [0, 0.05) is 5.54 Å². The molecule has 4 nitrogen and oxygen atoms in total. The first-order valence-corrected chi connectivity index (χ1v) is 8.17. The van der Waals surface area contributed by atoms with Gasteiger partial charge in [-0.15, -0.1) is 0 Å². The second kappa shape index (κ2) is 4.88. The van der Waals surface area contributed by atoms with Gasteiger partial charge < -0.3 is 0 Å². The lowest BCUT2D eigenvalue weighted by molar-refractivity contribution is 0.935. The van der Waals surface area contributed by atoms with Crippen molar-refractivity contribution in [2.24, 2.45) is 0 Å². The van der Waals surface area contributed by atoms with Gasteiger partial charge in [-0.05, 0) is 0 Å². The normalized spacial score (nSPS) is 20.4. The summed E-state index contributed by atoms with van der Waals surface area (Å²) in [6, 6.07) is 10.2. The fourth-order valence-electron chi connectivity index (χ4n) is 2.97. The maximum atomic E-state index is 9.24. The molecule has 0 aromatic rings. The van der Waals surface area contributed by atoms with Gasteiger partial charge >= 0.3 is 0 Å². The summed E-state index contributed by atoms with van der Waals surface area (Å²) in [6.45, 7) is 0. The molecular formula is C13H10N4Si. The van der Waals surface area contributed by atoms with Crippen molar-refractivity contribution in [3.8, 4) is 24.3 Å². The van der Waals surface area contributed by atoms with Crippen molar-refractivity contribution in [1.82, 2.24) is 0 Å². The largest absolute Gasteiger partial charge is 0.193 e. The first-order chi connectivity index (χ1) is 8.78. The predicted molar refractivity (Wildman–Crippen MR) is 66.3 cm³/mol. The molecular weight excluding hydrogens is 240 g/mol. The number of hydrogen-bond acceptors (Lipinski definition) is 4. The van der Waals surface area contributed by atoms with Crippen LogP contribution in [0.3, 0.4) is 0 Å². The molecule has 0 unspecified atom stereocenters. The molecule has 0 aromatic carbocycles. The standard InChI is InChI=1S/C13H10N4Si/c14-5-9-10(6-15)12(8-17)13(11(9)7-16)18-3-1-2-4-18/h13,18H,1-4H2. The summed E-state index contributed by atoms with van der Waals surface area (Å²) < 4.78 is 0. The van der Waals surface area contributed by atoms with Crippen molar-refractivity contribution >= 4 is 8.80 Å². The molecule has 0 aromatic heterocycles. The zero-order valence-electron chi connectivity index (χ0n) is 9.77.